The van der Waals surface area contributed by atoms with Crippen LogP contribution in [0.4, 0.5) is 13.9 Å². The van der Waals surface area contributed by atoms with Crippen molar-refractivity contribution in [2.45, 2.75) is 32.5 Å². The molecule has 1 unspecified atom stereocenters. The number of benzene rings is 1. The van der Waals surface area contributed by atoms with Crippen LogP contribution in [-0.4, -0.2) is 30.8 Å². The maximum atomic E-state index is 12.3. The molecule has 108 valence electrons. The molecule has 0 bridgehead atoms. The van der Waals surface area contributed by atoms with Crippen LogP contribution in [0.15, 0.2) is 18.2 Å². The highest BCUT2D eigenvalue weighted by Crippen LogP contribution is 2.32. The minimum absolute atomic E-state index is 0.406. The predicted octanol–water partition coefficient (Wildman–Crippen LogP) is 3.81. The molecule has 1 atom stereocenters. The van der Waals surface area contributed by atoms with Gasteiger partial charge in [0.2, 0.25) is 0 Å². The molecule has 0 radical (unpaired) electrons. The number of anilines is 1. The lowest BCUT2D eigenvalue weighted by atomic mass is 10.1. The van der Waals surface area contributed by atoms with Gasteiger partial charge >= 0.3 is 6.61 Å². The molecule has 0 spiro atoms. The summed E-state index contributed by atoms with van der Waals surface area (Å²) in [6, 6.07) is 6.03. The number of alkyl halides is 2. The van der Waals surface area contributed by atoms with Crippen molar-refractivity contribution in [2.24, 2.45) is 0 Å². The van der Waals surface area contributed by atoms with Gasteiger partial charge in [-0.05, 0) is 31.4 Å². The van der Waals surface area contributed by atoms with Crippen molar-refractivity contribution in [3.8, 4) is 0 Å². The number of aryl methyl sites for hydroxylation is 1. The molecule has 0 N–H and O–H groups in total. The quantitative estimate of drug-likeness (QED) is 0.861. The normalized spacial score (nSPS) is 20.0. The molecule has 3 rings (SSSR count). The first-order chi connectivity index (χ1) is 9.63. The first-order valence-corrected chi connectivity index (χ1v) is 7.50. The van der Waals surface area contributed by atoms with Crippen molar-refractivity contribution in [1.29, 1.82) is 0 Å². The predicted molar refractivity (Wildman–Crippen MR) is 76.7 cm³/mol. The molecule has 20 heavy (non-hydrogen) atoms. The summed E-state index contributed by atoms with van der Waals surface area (Å²) >= 11 is 1.62. The topological polar surface area (TPSA) is 25.4 Å². The van der Waals surface area contributed by atoms with E-state index >= 15 is 0 Å². The number of nitrogens with zero attached hydrogens (tertiary/aromatic N) is 2. The molecule has 2 aromatic rings. The number of fused-ring (bicyclic) bond motifs is 1. The van der Waals surface area contributed by atoms with Gasteiger partial charge in [0.05, 0.1) is 16.3 Å². The summed E-state index contributed by atoms with van der Waals surface area (Å²) in [6.07, 6.45) is 1.13. The third-order valence-corrected chi connectivity index (χ3v) is 4.81. The Morgan fingerprint density at radius 1 is 1.45 bits per heavy atom. The van der Waals surface area contributed by atoms with E-state index in [1.165, 1.54) is 10.3 Å². The molecule has 2 heterocycles. The van der Waals surface area contributed by atoms with Gasteiger partial charge in [0.25, 0.3) is 0 Å². The number of rotatable bonds is 3. The third kappa shape index (κ3) is 2.76. The lowest BCUT2D eigenvalue weighted by Crippen LogP contribution is -2.40. The van der Waals surface area contributed by atoms with Gasteiger partial charge in [-0.3, -0.25) is 0 Å². The van der Waals surface area contributed by atoms with Gasteiger partial charge in [0.1, 0.15) is 0 Å². The van der Waals surface area contributed by atoms with Crippen LogP contribution in [0.3, 0.4) is 0 Å². The third-order valence-electron chi connectivity index (χ3n) is 3.54. The second-order valence-electron chi connectivity index (χ2n) is 5.03. The van der Waals surface area contributed by atoms with Gasteiger partial charge in [-0.15, -0.1) is 0 Å². The molecule has 0 saturated carbocycles. The molecule has 0 amide bonds. The van der Waals surface area contributed by atoms with Crippen LogP contribution in [0.1, 0.15) is 18.4 Å². The fraction of sp³-hybridized carbons (Fsp3) is 0.500. The number of hydrogen-bond acceptors (Lipinski definition) is 4. The van der Waals surface area contributed by atoms with Crippen molar-refractivity contribution < 1.29 is 13.5 Å². The van der Waals surface area contributed by atoms with E-state index in [0.29, 0.717) is 13.0 Å². The van der Waals surface area contributed by atoms with Crippen LogP contribution in [0.25, 0.3) is 10.2 Å². The standard InChI is InChI=1S/C14H16F2N2OS/c1-9-4-2-6-11-12(9)20-14(17-11)18-7-3-5-10(8-18)19-13(15)16/h2,4,6,10,13H,3,5,7-8H2,1H3. The maximum Gasteiger partial charge on any atom is 0.345 e. The van der Waals surface area contributed by atoms with E-state index in [4.69, 9.17) is 0 Å². The number of hydrogen-bond donors (Lipinski definition) is 0. The van der Waals surface area contributed by atoms with Crippen LogP contribution < -0.4 is 4.90 Å². The molecular weight excluding hydrogens is 282 g/mol. The Labute approximate surface area is 120 Å². The van der Waals surface area contributed by atoms with Crippen molar-refractivity contribution in [3.05, 3.63) is 23.8 Å². The van der Waals surface area contributed by atoms with Crippen LogP contribution >= 0.6 is 11.3 Å². The van der Waals surface area contributed by atoms with Crippen LogP contribution in [0, 0.1) is 6.92 Å². The Hall–Kier alpha value is -1.27. The smallest absolute Gasteiger partial charge is 0.345 e. The highest BCUT2D eigenvalue weighted by molar-refractivity contribution is 7.22. The summed E-state index contributed by atoms with van der Waals surface area (Å²) in [5, 5.41) is 0.900. The van der Waals surface area contributed by atoms with Gasteiger partial charge in [-0.1, -0.05) is 23.5 Å². The van der Waals surface area contributed by atoms with Gasteiger partial charge in [-0.2, -0.15) is 8.78 Å². The molecule has 1 saturated heterocycles. The highest BCUT2D eigenvalue weighted by Gasteiger charge is 2.25. The van der Waals surface area contributed by atoms with Crippen molar-refractivity contribution in [3.63, 3.8) is 0 Å². The van der Waals surface area contributed by atoms with Crippen molar-refractivity contribution >= 4 is 26.7 Å². The molecule has 6 heteroatoms. The highest BCUT2D eigenvalue weighted by atomic mass is 32.1. The van der Waals surface area contributed by atoms with Crippen LogP contribution in [0.5, 0.6) is 0 Å². The summed E-state index contributed by atoms with van der Waals surface area (Å²) in [5.41, 5.74) is 2.17. The first kappa shape index (κ1) is 13.7. The number of thiazole rings is 1. The Morgan fingerprint density at radius 3 is 3.05 bits per heavy atom. The average Bonchev–Trinajstić information content (AvgIpc) is 2.84. The molecule has 1 fully saturated rings. The molecule has 3 nitrogen and oxygen atoms in total. The number of halogens is 2. The zero-order valence-corrected chi connectivity index (χ0v) is 12.0. The lowest BCUT2D eigenvalue weighted by molar-refractivity contribution is -0.163. The lowest BCUT2D eigenvalue weighted by Gasteiger charge is -2.32. The Bertz CT molecular complexity index is 602. The first-order valence-electron chi connectivity index (χ1n) is 6.68. The van der Waals surface area contributed by atoms with Crippen molar-refractivity contribution in [2.75, 3.05) is 18.0 Å². The van der Waals surface area contributed by atoms with E-state index < -0.39 is 12.7 Å². The molecular formula is C14H16F2N2OS. The zero-order chi connectivity index (χ0) is 14.1. The number of aromatic nitrogens is 1. The minimum atomic E-state index is -2.70. The summed E-state index contributed by atoms with van der Waals surface area (Å²) < 4.78 is 30.4. The second-order valence-corrected chi connectivity index (χ2v) is 6.00. The molecule has 1 aromatic carbocycles. The number of piperidine rings is 1. The Morgan fingerprint density at radius 2 is 2.30 bits per heavy atom. The van der Waals surface area contributed by atoms with E-state index in [9.17, 15) is 8.78 Å². The minimum Gasteiger partial charge on any atom is -0.345 e. The zero-order valence-electron chi connectivity index (χ0n) is 11.2. The van der Waals surface area contributed by atoms with Gasteiger partial charge in [0, 0.05) is 13.1 Å². The average molecular weight is 298 g/mol. The Balaban J connectivity index is 1.81. The van der Waals surface area contributed by atoms with E-state index in [1.54, 1.807) is 11.3 Å². The summed E-state index contributed by atoms with van der Waals surface area (Å²) in [4.78, 5) is 6.67. The number of ether oxygens (including phenoxy) is 1. The van der Waals surface area contributed by atoms with E-state index in [2.05, 4.69) is 27.6 Å². The van der Waals surface area contributed by atoms with Gasteiger partial charge < -0.3 is 9.64 Å². The van der Waals surface area contributed by atoms with Gasteiger partial charge in [-0.25, -0.2) is 4.98 Å². The summed E-state index contributed by atoms with van der Waals surface area (Å²) in [6.45, 7) is 0.701. The molecule has 1 aliphatic rings. The monoisotopic (exact) mass is 298 g/mol. The second kappa shape index (κ2) is 5.61. The van der Waals surface area contributed by atoms with E-state index in [-0.39, 0.29) is 0 Å². The van der Waals surface area contributed by atoms with Crippen LogP contribution in [-0.2, 0) is 4.74 Å². The molecule has 1 aromatic heterocycles. The largest absolute Gasteiger partial charge is 0.345 e. The van der Waals surface area contributed by atoms with Crippen LogP contribution in [0.2, 0.25) is 0 Å². The summed E-state index contributed by atoms with van der Waals surface area (Å²) in [5.74, 6) is 0. The molecule has 0 aliphatic carbocycles. The fourth-order valence-corrected chi connectivity index (χ4v) is 3.65. The fourth-order valence-electron chi connectivity index (χ4n) is 2.58. The summed E-state index contributed by atoms with van der Waals surface area (Å²) in [7, 11) is 0. The molecule has 1 aliphatic heterocycles. The SMILES string of the molecule is Cc1cccc2nc(N3CCCC(OC(F)F)C3)sc12. The van der Waals surface area contributed by atoms with E-state index in [0.717, 1.165) is 23.6 Å². The Kier molecular flexibility index (Phi) is 3.85. The maximum absolute atomic E-state index is 12.3. The van der Waals surface area contributed by atoms with Gasteiger partial charge in [0.15, 0.2) is 5.13 Å². The van der Waals surface area contributed by atoms with E-state index in [1.807, 2.05) is 12.1 Å². The van der Waals surface area contributed by atoms with Crippen molar-refractivity contribution in [1.82, 2.24) is 4.98 Å².